The van der Waals surface area contributed by atoms with E-state index in [1.165, 1.54) is 5.56 Å². The molecule has 0 bridgehead atoms. The Balaban J connectivity index is 1.90. The smallest absolute Gasteiger partial charge is 0.0939 e. The van der Waals surface area contributed by atoms with Crippen LogP contribution in [-0.4, -0.2) is 17.9 Å². The van der Waals surface area contributed by atoms with Crippen LogP contribution in [0.5, 0.6) is 0 Å². The first-order valence-corrected chi connectivity index (χ1v) is 7.07. The maximum absolute atomic E-state index is 6.09. The van der Waals surface area contributed by atoms with Crippen LogP contribution in [0.2, 0.25) is 10.0 Å². The van der Waals surface area contributed by atoms with Gasteiger partial charge in [0.1, 0.15) is 0 Å². The Morgan fingerprint density at radius 2 is 1.89 bits per heavy atom. The highest BCUT2D eigenvalue weighted by Gasteiger charge is 2.44. The molecule has 3 rings (SSSR count). The molecule has 2 nitrogen and oxygen atoms in total. The summed E-state index contributed by atoms with van der Waals surface area (Å²) >= 11 is 12.2. The van der Waals surface area contributed by atoms with Crippen molar-refractivity contribution in [3.8, 4) is 0 Å². The van der Waals surface area contributed by atoms with Crippen LogP contribution in [0.4, 0.5) is 0 Å². The van der Waals surface area contributed by atoms with Crippen molar-refractivity contribution < 1.29 is 0 Å². The highest BCUT2D eigenvalue weighted by Crippen LogP contribution is 2.43. The molecule has 96 valence electrons. The Morgan fingerprint density at radius 3 is 2.50 bits per heavy atom. The lowest BCUT2D eigenvalue weighted by Gasteiger charge is -2.18. The van der Waals surface area contributed by atoms with Gasteiger partial charge in [0.15, 0.2) is 0 Å². The zero-order valence-corrected chi connectivity index (χ0v) is 12.0. The summed E-state index contributed by atoms with van der Waals surface area (Å²) in [6.45, 7) is 4.31. The third-order valence-electron chi connectivity index (χ3n) is 4.14. The summed E-state index contributed by atoms with van der Waals surface area (Å²) < 4.78 is 0. The number of aliphatic imine (C=N–C) groups is 1. The predicted molar refractivity (Wildman–Crippen MR) is 76.8 cm³/mol. The molecule has 1 fully saturated rings. The van der Waals surface area contributed by atoms with Crippen molar-refractivity contribution in [2.45, 2.75) is 38.3 Å². The molecule has 1 aliphatic heterocycles. The number of hydrogen-bond donors (Lipinski definition) is 1. The third-order valence-corrected chi connectivity index (χ3v) is 4.58. The van der Waals surface area contributed by atoms with Gasteiger partial charge in [-0.3, -0.25) is 4.99 Å². The Bertz CT molecular complexity index is 492. The monoisotopic (exact) mass is 282 g/mol. The molecule has 18 heavy (non-hydrogen) atoms. The normalized spacial score (nSPS) is 34.1. The second-order valence-electron chi connectivity index (χ2n) is 5.36. The topological polar surface area (TPSA) is 24.4 Å². The second-order valence-corrected chi connectivity index (χ2v) is 6.23. The molecule has 0 spiro atoms. The Labute approximate surface area is 117 Å². The van der Waals surface area contributed by atoms with Gasteiger partial charge < -0.3 is 5.32 Å². The van der Waals surface area contributed by atoms with E-state index in [9.17, 15) is 0 Å². The number of amidine groups is 1. The summed E-state index contributed by atoms with van der Waals surface area (Å²) in [7, 11) is 0. The first-order valence-electron chi connectivity index (χ1n) is 6.31. The van der Waals surface area contributed by atoms with Gasteiger partial charge in [-0.25, -0.2) is 0 Å². The molecule has 0 amide bonds. The van der Waals surface area contributed by atoms with Crippen LogP contribution < -0.4 is 5.32 Å². The van der Waals surface area contributed by atoms with Crippen LogP contribution in [0.1, 0.15) is 31.7 Å². The number of rotatable bonds is 1. The van der Waals surface area contributed by atoms with Crippen molar-refractivity contribution >= 4 is 29.0 Å². The number of halogens is 2. The van der Waals surface area contributed by atoms with Crippen molar-refractivity contribution in [2.24, 2.45) is 10.9 Å². The molecule has 4 atom stereocenters. The largest absolute Gasteiger partial charge is 0.369 e. The zero-order valence-electron chi connectivity index (χ0n) is 10.5. The molecule has 1 aliphatic carbocycles. The van der Waals surface area contributed by atoms with E-state index in [0.29, 0.717) is 23.9 Å². The molecular weight excluding hydrogens is 267 g/mol. The molecule has 4 heteroatoms. The van der Waals surface area contributed by atoms with E-state index in [0.717, 1.165) is 22.3 Å². The minimum atomic E-state index is 0.396. The quantitative estimate of drug-likeness (QED) is 0.831. The summed E-state index contributed by atoms with van der Waals surface area (Å²) in [5.41, 5.74) is 1.24. The standard InChI is InChI=1S/C14H16Cl2N2/c1-7-12(6-13-14(7)18-8(2)17-13)9-3-10(15)5-11(16)4-9/h3-5,7,12-14H,6H2,1-2H3,(H,17,18)/t7-,12-,13?,14?/m0/s1. The Hall–Kier alpha value is -0.730. The van der Waals surface area contributed by atoms with E-state index in [1.807, 2.05) is 19.1 Å². The predicted octanol–water partition coefficient (Wildman–Crippen LogP) is 3.88. The van der Waals surface area contributed by atoms with Gasteiger partial charge in [-0.2, -0.15) is 0 Å². The first-order chi connectivity index (χ1) is 8.54. The van der Waals surface area contributed by atoms with Crippen molar-refractivity contribution in [2.75, 3.05) is 0 Å². The molecule has 0 aromatic heterocycles. The summed E-state index contributed by atoms with van der Waals surface area (Å²) in [5.74, 6) is 2.08. The van der Waals surface area contributed by atoms with E-state index in [-0.39, 0.29) is 0 Å². The van der Waals surface area contributed by atoms with Crippen molar-refractivity contribution in [3.63, 3.8) is 0 Å². The van der Waals surface area contributed by atoms with Crippen LogP contribution in [0.25, 0.3) is 0 Å². The van der Waals surface area contributed by atoms with Gasteiger partial charge in [0.05, 0.1) is 17.9 Å². The zero-order chi connectivity index (χ0) is 12.9. The third kappa shape index (κ3) is 2.02. The second kappa shape index (κ2) is 4.43. The van der Waals surface area contributed by atoms with Gasteiger partial charge in [0.2, 0.25) is 0 Å². The molecule has 1 aromatic carbocycles. The summed E-state index contributed by atoms with van der Waals surface area (Å²) in [4.78, 5) is 4.69. The molecule has 1 N–H and O–H groups in total. The van der Waals surface area contributed by atoms with Crippen LogP contribution in [0, 0.1) is 5.92 Å². The number of hydrogen-bond acceptors (Lipinski definition) is 2. The molecule has 0 saturated heterocycles. The lowest BCUT2D eigenvalue weighted by atomic mass is 9.89. The van der Waals surface area contributed by atoms with Gasteiger partial charge in [-0.1, -0.05) is 30.1 Å². The van der Waals surface area contributed by atoms with E-state index < -0.39 is 0 Å². The Kier molecular flexibility index (Phi) is 3.03. The van der Waals surface area contributed by atoms with Crippen LogP contribution in [0.15, 0.2) is 23.2 Å². The minimum Gasteiger partial charge on any atom is -0.369 e. The van der Waals surface area contributed by atoms with Crippen LogP contribution in [0.3, 0.4) is 0 Å². The number of nitrogens with zero attached hydrogens (tertiary/aromatic N) is 1. The van der Waals surface area contributed by atoms with Crippen molar-refractivity contribution in [1.29, 1.82) is 0 Å². The van der Waals surface area contributed by atoms with Crippen molar-refractivity contribution in [3.05, 3.63) is 33.8 Å². The molecule has 1 saturated carbocycles. The fraction of sp³-hybridized carbons (Fsp3) is 0.500. The van der Waals surface area contributed by atoms with E-state index in [2.05, 4.69) is 12.2 Å². The van der Waals surface area contributed by atoms with Gasteiger partial charge in [-0.15, -0.1) is 0 Å². The number of benzene rings is 1. The molecule has 1 heterocycles. The highest BCUT2D eigenvalue weighted by molar-refractivity contribution is 6.34. The maximum atomic E-state index is 6.09. The number of nitrogens with one attached hydrogen (secondary N) is 1. The lowest BCUT2D eigenvalue weighted by Crippen LogP contribution is -2.30. The average molecular weight is 283 g/mol. The van der Waals surface area contributed by atoms with Gasteiger partial charge >= 0.3 is 0 Å². The van der Waals surface area contributed by atoms with Crippen molar-refractivity contribution in [1.82, 2.24) is 5.32 Å². The van der Waals surface area contributed by atoms with Crippen LogP contribution >= 0.6 is 23.2 Å². The lowest BCUT2D eigenvalue weighted by molar-refractivity contribution is 0.476. The maximum Gasteiger partial charge on any atom is 0.0939 e. The molecule has 0 radical (unpaired) electrons. The summed E-state index contributed by atoms with van der Waals surface area (Å²) in [6, 6.07) is 6.72. The van der Waals surface area contributed by atoms with E-state index in [1.54, 1.807) is 6.07 Å². The molecule has 2 aliphatic rings. The van der Waals surface area contributed by atoms with Gasteiger partial charge in [-0.05, 0) is 48.9 Å². The first kappa shape index (κ1) is 12.3. The minimum absolute atomic E-state index is 0.396. The SMILES string of the molecule is CC1=NC2C(C[C@H](c3cc(Cl)cc(Cl)c3)[C@@H]2C)N1. The molecular formula is C14H16Cl2N2. The summed E-state index contributed by atoms with van der Waals surface area (Å²) in [5, 5.41) is 4.89. The average Bonchev–Trinajstić information content (AvgIpc) is 2.76. The van der Waals surface area contributed by atoms with E-state index in [4.69, 9.17) is 28.2 Å². The molecule has 1 aromatic rings. The van der Waals surface area contributed by atoms with Crippen LogP contribution in [-0.2, 0) is 0 Å². The van der Waals surface area contributed by atoms with Gasteiger partial charge in [0, 0.05) is 10.0 Å². The summed E-state index contributed by atoms with van der Waals surface area (Å²) in [6.07, 6.45) is 1.10. The number of fused-ring (bicyclic) bond motifs is 1. The van der Waals surface area contributed by atoms with Gasteiger partial charge in [0.25, 0.3) is 0 Å². The highest BCUT2D eigenvalue weighted by atomic mass is 35.5. The fourth-order valence-corrected chi connectivity index (χ4v) is 3.88. The fourth-order valence-electron chi connectivity index (χ4n) is 3.34. The molecule has 2 unspecified atom stereocenters. The van der Waals surface area contributed by atoms with E-state index >= 15 is 0 Å². The Morgan fingerprint density at radius 1 is 1.22 bits per heavy atom.